The summed E-state index contributed by atoms with van der Waals surface area (Å²) in [5.74, 6) is 1.15. The number of aliphatic imine (C=N–C) groups is 1. The Morgan fingerprint density at radius 2 is 1.83 bits per heavy atom. The second kappa shape index (κ2) is 9.75. The van der Waals surface area contributed by atoms with Crippen LogP contribution in [-0.4, -0.2) is 73.5 Å². The van der Waals surface area contributed by atoms with Gasteiger partial charge in [0.25, 0.3) is 0 Å². The second-order valence-electron chi connectivity index (χ2n) is 6.59. The Kier molecular flexibility index (Phi) is 7.65. The maximum Gasteiger partial charge on any atom is 0.219 e. The number of hydrogen-bond donors (Lipinski definition) is 2. The normalized spacial score (nSPS) is 21.3. The number of guanidine groups is 1. The van der Waals surface area contributed by atoms with Crippen LogP contribution in [0.5, 0.6) is 0 Å². The summed E-state index contributed by atoms with van der Waals surface area (Å²) in [6, 6.07) is 0.584. The van der Waals surface area contributed by atoms with Crippen molar-refractivity contribution in [3.05, 3.63) is 0 Å². The molecule has 6 heteroatoms. The Bertz CT molecular complexity index is 384. The van der Waals surface area contributed by atoms with E-state index in [-0.39, 0.29) is 5.91 Å². The lowest BCUT2D eigenvalue weighted by atomic mass is 9.96. The van der Waals surface area contributed by atoms with Gasteiger partial charge >= 0.3 is 0 Å². The van der Waals surface area contributed by atoms with E-state index in [2.05, 4.69) is 22.5 Å². The summed E-state index contributed by atoms with van der Waals surface area (Å²) in [6.45, 7) is 10.0. The van der Waals surface area contributed by atoms with E-state index in [1.54, 1.807) is 6.92 Å². The largest absolute Gasteiger partial charge is 0.357 e. The molecule has 0 bridgehead atoms. The molecule has 2 N–H and O–H groups in total. The molecule has 2 aliphatic rings. The zero-order chi connectivity index (χ0) is 16.5. The highest BCUT2D eigenvalue weighted by molar-refractivity contribution is 5.80. The third kappa shape index (κ3) is 6.37. The van der Waals surface area contributed by atoms with Crippen LogP contribution in [-0.2, 0) is 4.79 Å². The van der Waals surface area contributed by atoms with Gasteiger partial charge in [-0.05, 0) is 19.8 Å². The lowest BCUT2D eigenvalue weighted by Crippen LogP contribution is -2.49. The second-order valence-corrected chi connectivity index (χ2v) is 6.59. The molecule has 0 aromatic rings. The standard InChI is InChI=1S/C17H33N5O/c1-3-18-17(20-16-7-5-4-6-8-16)19-9-10-21-11-13-22(14-12-21)15(2)23/h16H,3-14H2,1-2H3,(H2,18,19,20). The fourth-order valence-electron chi connectivity index (χ4n) is 3.35. The van der Waals surface area contributed by atoms with Crippen molar-refractivity contribution in [3.8, 4) is 0 Å². The molecule has 2 rings (SSSR count). The van der Waals surface area contributed by atoms with Gasteiger partial charge in [0.1, 0.15) is 0 Å². The van der Waals surface area contributed by atoms with Gasteiger partial charge in [0.2, 0.25) is 5.91 Å². The van der Waals surface area contributed by atoms with E-state index in [0.29, 0.717) is 6.04 Å². The van der Waals surface area contributed by atoms with Crippen molar-refractivity contribution in [2.24, 2.45) is 4.99 Å². The quantitative estimate of drug-likeness (QED) is 0.586. The number of carbonyl (C=O) groups excluding carboxylic acids is 1. The van der Waals surface area contributed by atoms with Gasteiger partial charge in [-0.2, -0.15) is 0 Å². The number of amides is 1. The van der Waals surface area contributed by atoms with Crippen LogP contribution in [0.25, 0.3) is 0 Å². The van der Waals surface area contributed by atoms with Gasteiger partial charge in [-0.25, -0.2) is 0 Å². The molecule has 1 aliphatic heterocycles. The van der Waals surface area contributed by atoms with Crippen LogP contribution in [0.4, 0.5) is 0 Å². The number of nitrogens with zero attached hydrogens (tertiary/aromatic N) is 3. The summed E-state index contributed by atoms with van der Waals surface area (Å²) in [6.07, 6.45) is 6.56. The SMILES string of the molecule is CCNC(=NCCN1CCN(C(C)=O)CC1)NC1CCCCC1. The van der Waals surface area contributed by atoms with Gasteiger partial charge in [-0.1, -0.05) is 19.3 Å². The first-order chi connectivity index (χ1) is 11.2. The monoisotopic (exact) mass is 323 g/mol. The Morgan fingerprint density at radius 3 is 2.43 bits per heavy atom. The Morgan fingerprint density at radius 1 is 1.13 bits per heavy atom. The molecule has 2 fully saturated rings. The van der Waals surface area contributed by atoms with Crippen LogP contribution < -0.4 is 10.6 Å². The molecule has 0 aromatic heterocycles. The minimum Gasteiger partial charge on any atom is -0.357 e. The zero-order valence-corrected chi connectivity index (χ0v) is 14.8. The molecule has 23 heavy (non-hydrogen) atoms. The van der Waals surface area contributed by atoms with Gasteiger partial charge in [0.05, 0.1) is 6.54 Å². The molecular weight excluding hydrogens is 290 g/mol. The molecule has 1 saturated carbocycles. The van der Waals surface area contributed by atoms with Crippen molar-refractivity contribution in [2.45, 2.75) is 52.0 Å². The first-order valence-electron chi connectivity index (χ1n) is 9.21. The van der Waals surface area contributed by atoms with Crippen LogP contribution in [0.1, 0.15) is 46.0 Å². The first kappa shape index (κ1) is 18.0. The summed E-state index contributed by atoms with van der Waals surface area (Å²) in [4.78, 5) is 20.4. The van der Waals surface area contributed by atoms with Crippen molar-refractivity contribution in [1.82, 2.24) is 20.4 Å². The van der Waals surface area contributed by atoms with E-state index in [0.717, 1.165) is 51.8 Å². The van der Waals surface area contributed by atoms with E-state index in [1.807, 2.05) is 4.90 Å². The van der Waals surface area contributed by atoms with Gasteiger partial charge in [0.15, 0.2) is 5.96 Å². The summed E-state index contributed by atoms with van der Waals surface area (Å²) in [5, 5.41) is 6.94. The summed E-state index contributed by atoms with van der Waals surface area (Å²) in [5.41, 5.74) is 0. The fourth-order valence-corrected chi connectivity index (χ4v) is 3.35. The highest BCUT2D eigenvalue weighted by atomic mass is 16.2. The molecule has 1 saturated heterocycles. The Hall–Kier alpha value is -1.30. The maximum atomic E-state index is 11.3. The van der Waals surface area contributed by atoms with Gasteiger partial charge in [-0.3, -0.25) is 14.7 Å². The van der Waals surface area contributed by atoms with Gasteiger partial charge < -0.3 is 15.5 Å². The average Bonchev–Trinajstić information content (AvgIpc) is 2.56. The number of nitrogens with one attached hydrogen (secondary N) is 2. The van der Waals surface area contributed by atoms with Crippen LogP contribution in [0, 0.1) is 0 Å². The Labute approximate surface area is 140 Å². The van der Waals surface area contributed by atoms with Crippen LogP contribution in [0.15, 0.2) is 4.99 Å². The minimum atomic E-state index is 0.189. The number of piperazine rings is 1. The molecular formula is C17H33N5O. The molecule has 0 spiro atoms. The summed E-state index contributed by atoms with van der Waals surface area (Å²) in [7, 11) is 0. The highest BCUT2D eigenvalue weighted by Crippen LogP contribution is 2.17. The number of hydrogen-bond acceptors (Lipinski definition) is 3. The summed E-state index contributed by atoms with van der Waals surface area (Å²) >= 11 is 0. The lowest BCUT2D eigenvalue weighted by molar-refractivity contribution is -0.130. The van der Waals surface area contributed by atoms with Crippen molar-refractivity contribution < 1.29 is 4.79 Å². The Balaban J connectivity index is 1.71. The highest BCUT2D eigenvalue weighted by Gasteiger charge is 2.18. The minimum absolute atomic E-state index is 0.189. The van der Waals surface area contributed by atoms with Crippen molar-refractivity contribution in [1.29, 1.82) is 0 Å². The van der Waals surface area contributed by atoms with Crippen molar-refractivity contribution in [2.75, 3.05) is 45.8 Å². The maximum absolute atomic E-state index is 11.3. The van der Waals surface area contributed by atoms with E-state index >= 15 is 0 Å². The zero-order valence-electron chi connectivity index (χ0n) is 14.8. The van der Waals surface area contributed by atoms with E-state index in [4.69, 9.17) is 4.99 Å². The molecule has 6 nitrogen and oxygen atoms in total. The molecule has 0 atom stereocenters. The molecule has 0 aromatic carbocycles. The van der Waals surface area contributed by atoms with Gasteiger partial charge in [0, 0.05) is 52.2 Å². The topological polar surface area (TPSA) is 60.0 Å². The third-order valence-electron chi connectivity index (χ3n) is 4.79. The molecule has 1 aliphatic carbocycles. The third-order valence-corrected chi connectivity index (χ3v) is 4.79. The van der Waals surface area contributed by atoms with Crippen LogP contribution in [0.3, 0.4) is 0 Å². The van der Waals surface area contributed by atoms with E-state index in [9.17, 15) is 4.79 Å². The van der Waals surface area contributed by atoms with E-state index < -0.39 is 0 Å². The molecule has 0 unspecified atom stereocenters. The first-order valence-corrected chi connectivity index (χ1v) is 9.21. The number of carbonyl (C=O) groups is 1. The lowest BCUT2D eigenvalue weighted by Gasteiger charge is -2.33. The number of rotatable bonds is 5. The average molecular weight is 323 g/mol. The fraction of sp³-hybridized carbons (Fsp3) is 0.882. The van der Waals surface area contributed by atoms with Crippen LogP contribution in [0.2, 0.25) is 0 Å². The molecule has 0 radical (unpaired) electrons. The van der Waals surface area contributed by atoms with Crippen LogP contribution >= 0.6 is 0 Å². The molecule has 1 amide bonds. The van der Waals surface area contributed by atoms with Crippen molar-refractivity contribution in [3.63, 3.8) is 0 Å². The van der Waals surface area contributed by atoms with Crippen molar-refractivity contribution >= 4 is 11.9 Å². The molecule has 132 valence electrons. The van der Waals surface area contributed by atoms with Gasteiger partial charge in [-0.15, -0.1) is 0 Å². The smallest absolute Gasteiger partial charge is 0.219 e. The van der Waals surface area contributed by atoms with E-state index in [1.165, 1.54) is 32.1 Å². The summed E-state index contributed by atoms with van der Waals surface area (Å²) < 4.78 is 0. The molecule has 1 heterocycles. The predicted octanol–water partition coefficient (Wildman–Crippen LogP) is 1.04. The predicted molar refractivity (Wildman–Crippen MR) is 94.7 cm³/mol.